The quantitative estimate of drug-likeness (QED) is 0.605. The van der Waals surface area contributed by atoms with Gasteiger partial charge in [0.1, 0.15) is 0 Å². The van der Waals surface area contributed by atoms with Crippen LogP contribution in [-0.4, -0.2) is 38.3 Å². The minimum atomic E-state index is -0.316. The summed E-state index contributed by atoms with van der Waals surface area (Å²) in [6, 6.07) is 15.3. The van der Waals surface area contributed by atoms with Gasteiger partial charge in [-0.2, -0.15) is 0 Å². The molecule has 2 rings (SSSR count). The van der Waals surface area contributed by atoms with Gasteiger partial charge in [0.15, 0.2) is 0 Å². The average molecular weight is 430 g/mol. The first kappa shape index (κ1) is 26.4. The molecule has 28 heavy (non-hydrogen) atoms. The number of halogens is 2. The van der Waals surface area contributed by atoms with Crippen molar-refractivity contribution in [1.82, 2.24) is 5.32 Å². The molecule has 2 aromatic carbocycles. The largest absolute Gasteiger partial charge is 0.465 e. The van der Waals surface area contributed by atoms with Gasteiger partial charge in [-0.05, 0) is 48.2 Å². The Kier molecular flexibility index (Phi) is 12.7. The van der Waals surface area contributed by atoms with Crippen molar-refractivity contribution in [3.05, 3.63) is 70.2 Å². The number of carbonyl (C=O) groups is 1. The van der Waals surface area contributed by atoms with Gasteiger partial charge < -0.3 is 20.3 Å². The van der Waals surface area contributed by atoms with Crippen molar-refractivity contribution in [2.75, 3.05) is 26.8 Å². The van der Waals surface area contributed by atoms with Crippen LogP contribution in [-0.2, 0) is 9.47 Å². The number of hydrogen-bond acceptors (Lipinski definition) is 4. The number of esters is 1. The Morgan fingerprint density at radius 3 is 2.36 bits per heavy atom. The molecule has 0 saturated carbocycles. The van der Waals surface area contributed by atoms with E-state index in [9.17, 15) is 4.79 Å². The highest BCUT2D eigenvalue weighted by atomic mass is 35.5. The number of carbonyl (C=O) groups excluding carboxylic acids is 1. The lowest BCUT2D eigenvalue weighted by Gasteiger charge is -2.20. The third-order valence-electron chi connectivity index (χ3n) is 4.27. The number of rotatable bonds is 9. The van der Waals surface area contributed by atoms with E-state index in [1.807, 2.05) is 43.3 Å². The zero-order valence-electron chi connectivity index (χ0n) is 16.4. The van der Waals surface area contributed by atoms with E-state index < -0.39 is 0 Å². The molecule has 0 aliphatic rings. The smallest absolute Gasteiger partial charge is 0.337 e. The number of hydrogen-bond donors (Lipinski definition) is 1. The van der Waals surface area contributed by atoms with E-state index in [0.717, 1.165) is 12.1 Å². The van der Waals surface area contributed by atoms with Gasteiger partial charge in [0, 0.05) is 24.7 Å². The van der Waals surface area contributed by atoms with Gasteiger partial charge in [-0.3, -0.25) is 0 Å². The zero-order valence-corrected chi connectivity index (χ0v) is 18.0. The average Bonchev–Trinajstić information content (AvgIpc) is 2.66. The number of nitrogens with one attached hydrogen (secondary N) is 1. The summed E-state index contributed by atoms with van der Waals surface area (Å²) >= 11 is 6.09. The summed E-state index contributed by atoms with van der Waals surface area (Å²) in [7, 11) is 1.39. The van der Waals surface area contributed by atoms with Gasteiger partial charge >= 0.3 is 5.97 Å². The molecular formula is C21H29Cl2NO4. The summed E-state index contributed by atoms with van der Waals surface area (Å²) in [6.07, 6.45) is -0.0346. The van der Waals surface area contributed by atoms with Crippen molar-refractivity contribution in [2.45, 2.75) is 25.9 Å². The topological polar surface area (TPSA) is 79.1 Å². The maximum atomic E-state index is 11.5. The van der Waals surface area contributed by atoms with E-state index in [2.05, 4.69) is 12.2 Å². The predicted molar refractivity (Wildman–Crippen MR) is 116 cm³/mol. The van der Waals surface area contributed by atoms with E-state index in [0.29, 0.717) is 29.7 Å². The molecule has 5 nitrogen and oxygen atoms in total. The number of ether oxygens (including phenoxy) is 2. The van der Waals surface area contributed by atoms with Gasteiger partial charge in [0.25, 0.3) is 0 Å². The van der Waals surface area contributed by atoms with Crippen LogP contribution < -0.4 is 5.32 Å². The number of benzene rings is 2. The Morgan fingerprint density at radius 1 is 1.11 bits per heavy atom. The lowest BCUT2D eigenvalue weighted by Crippen LogP contribution is -2.27. The van der Waals surface area contributed by atoms with Crippen molar-refractivity contribution < 1.29 is 19.7 Å². The van der Waals surface area contributed by atoms with Gasteiger partial charge in [-0.15, -0.1) is 12.4 Å². The predicted octanol–water partition coefficient (Wildman–Crippen LogP) is 4.19. The van der Waals surface area contributed by atoms with Crippen molar-refractivity contribution in [3.8, 4) is 0 Å². The summed E-state index contributed by atoms with van der Waals surface area (Å²) in [6.45, 7) is 6.29. The minimum absolute atomic E-state index is 0. The molecule has 0 saturated heterocycles. The second-order valence-corrected chi connectivity index (χ2v) is 6.61. The highest BCUT2D eigenvalue weighted by Gasteiger charge is 2.13. The van der Waals surface area contributed by atoms with Crippen molar-refractivity contribution in [3.63, 3.8) is 0 Å². The molecule has 0 amide bonds. The third-order valence-corrected chi connectivity index (χ3v) is 4.50. The Bertz CT molecular complexity index is 710. The van der Waals surface area contributed by atoms with Crippen LogP contribution in [0.2, 0.25) is 5.02 Å². The van der Waals surface area contributed by atoms with Gasteiger partial charge in [0.05, 0.1) is 18.8 Å². The molecule has 0 heterocycles. The molecule has 0 fully saturated rings. The van der Waals surface area contributed by atoms with E-state index >= 15 is 0 Å². The van der Waals surface area contributed by atoms with Crippen LogP contribution in [0.3, 0.4) is 0 Å². The molecule has 0 aliphatic carbocycles. The summed E-state index contributed by atoms with van der Waals surface area (Å²) < 4.78 is 10.6. The lowest BCUT2D eigenvalue weighted by molar-refractivity contribution is 0.0600. The molecule has 0 spiro atoms. The molecule has 0 aromatic heterocycles. The van der Waals surface area contributed by atoms with Crippen molar-refractivity contribution in [2.24, 2.45) is 0 Å². The maximum Gasteiger partial charge on any atom is 0.337 e. The van der Waals surface area contributed by atoms with Gasteiger partial charge in [-0.1, -0.05) is 42.8 Å². The SMILES string of the molecule is CCOC(CNCC(C)c1ccc(C(=O)OC)cc1)c1cccc(Cl)c1.Cl.O. The molecule has 2 unspecified atom stereocenters. The van der Waals surface area contributed by atoms with Crippen LogP contribution >= 0.6 is 24.0 Å². The molecule has 3 N–H and O–H groups in total. The van der Waals surface area contributed by atoms with Crippen molar-refractivity contribution in [1.29, 1.82) is 0 Å². The van der Waals surface area contributed by atoms with Crippen LogP contribution in [0.25, 0.3) is 0 Å². The second-order valence-electron chi connectivity index (χ2n) is 6.17. The minimum Gasteiger partial charge on any atom is -0.465 e. The van der Waals surface area contributed by atoms with Gasteiger partial charge in [0.2, 0.25) is 0 Å². The highest BCUT2D eigenvalue weighted by molar-refractivity contribution is 6.30. The fourth-order valence-electron chi connectivity index (χ4n) is 2.80. The van der Waals surface area contributed by atoms with E-state index in [1.165, 1.54) is 12.7 Å². The van der Waals surface area contributed by atoms with Crippen LogP contribution in [0.5, 0.6) is 0 Å². The van der Waals surface area contributed by atoms with Crippen LogP contribution in [0.4, 0.5) is 0 Å². The Balaban J connectivity index is 0.00000364. The first-order valence-corrected chi connectivity index (χ1v) is 9.19. The number of methoxy groups -OCH3 is 1. The van der Waals surface area contributed by atoms with Crippen molar-refractivity contribution >= 4 is 30.0 Å². The van der Waals surface area contributed by atoms with Gasteiger partial charge in [-0.25, -0.2) is 4.79 Å². The fourth-order valence-corrected chi connectivity index (χ4v) is 2.99. The monoisotopic (exact) mass is 429 g/mol. The first-order chi connectivity index (χ1) is 12.5. The summed E-state index contributed by atoms with van der Waals surface area (Å²) in [5.41, 5.74) is 2.80. The molecular weight excluding hydrogens is 401 g/mol. The zero-order chi connectivity index (χ0) is 18.9. The highest BCUT2D eigenvalue weighted by Crippen LogP contribution is 2.21. The van der Waals surface area contributed by atoms with Crippen LogP contribution in [0, 0.1) is 0 Å². The molecule has 0 bridgehead atoms. The molecule has 0 radical (unpaired) electrons. The summed E-state index contributed by atoms with van der Waals surface area (Å²) in [5, 5.41) is 4.19. The van der Waals surface area contributed by atoms with E-state index in [-0.39, 0.29) is 30.0 Å². The van der Waals surface area contributed by atoms with E-state index in [4.69, 9.17) is 21.1 Å². The Labute approximate surface area is 178 Å². The second kappa shape index (κ2) is 13.5. The molecule has 7 heteroatoms. The summed E-state index contributed by atoms with van der Waals surface area (Å²) in [4.78, 5) is 11.5. The lowest BCUT2D eigenvalue weighted by atomic mass is 9.99. The Hall–Kier alpha value is -1.63. The van der Waals surface area contributed by atoms with Crippen LogP contribution in [0.1, 0.15) is 47.4 Å². The first-order valence-electron chi connectivity index (χ1n) is 8.81. The maximum absolute atomic E-state index is 11.5. The third kappa shape index (κ3) is 7.78. The van der Waals surface area contributed by atoms with Crippen LogP contribution in [0.15, 0.2) is 48.5 Å². The molecule has 2 atom stereocenters. The van der Waals surface area contributed by atoms with E-state index in [1.54, 1.807) is 12.1 Å². The molecule has 156 valence electrons. The molecule has 2 aromatic rings. The fraction of sp³-hybridized carbons (Fsp3) is 0.381. The molecule has 0 aliphatic heterocycles. The normalized spacial score (nSPS) is 12.3. The Morgan fingerprint density at radius 2 is 1.79 bits per heavy atom. The standard InChI is InChI=1S/C21H26ClNO3.ClH.H2O/c1-4-26-20(18-6-5-7-19(22)12-18)14-23-13-15(2)16-8-10-17(11-9-16)21(24)25-3;;/h5-12,15,20,23H,4,13-14H2,1-3H3;1H;1H2. The summed E-state index contributed by atoms with van der Waals surface area (Å²) in [5.74, 6) is -0.00765.